The second-order valence-electron chi connectivity index (χ2n) is 6.60. The van der Waals surface area contributed by atoms with Gasteiger partial charge in [0.25, 0.3) is 0 Å². The van der Waals surface area contributed by atoms with E-state index in [9.17, 15) is 18.0 Å². The summed E-state index contributed by atoms with van der Waals surface area (Å²) >= 11 is 0. The van der Waals surface area contributed by atoms with Crippen molar-refractivity contribution in [2.75, 3.05) is 31.1 Å². The van der Waals surface area contributed by atoms with Crippen LogP contribution in [0.5, 0.6) is 0 Å². The van der Waals surface area contributed by atoms with E-state index in [2.05, 4.69) is 0 Å². The van der Waals surface area contributed by atoms with E-state index in [1.807, 2.05) is 36.1 Å². The molecule has 3 nitrogen and oxygen atoms in total. The van der Waals surface area contributed by atoms with Crippen LogP contribution >= 0.6 is 0 Å². The molecule has 1 fully saturated rings. The molecule has 6 heteroatoms. The highest BCUT2D eigenvalue weighted by Crippen LogP contribution is 2.31. The van der Waals surface area contributed by atoms with E-state index in [1.54, 1.807) is 23.1 Å². The first kappa shape index (κ1) is 19.0. The molecule has 3 rings (SSSR count). The van der Waals surface area contributed by atoms with Gasteiger partial charge in [-0.25, -0.2) is 0 Å². The van der Waals surface area contributed by atoms with Crippen LogP contribution in [0.2, 0.25) is 0 Å². The number of aryl methyl sites for hydroxylation is 1. The van der Waals surface area contributed by atoms with Crippen molar-refractivity contribution in [3.8, 4) is 0 Å². The Morgan fingerprint density at radius 1 is 1.00 bits per heavy atom. The maximum Gasteiger partial charge on any atom is 0.416 e. The van der Waals surface area contributed by atoms with Gasteiger partial charge in [-0.1, -0.05) is 35.9 Å². The Hall–Kier alpha value is -2.76. The van der Waals surface area contributed by atoms with Gasteiger partial charge in [-0.15, -0.1) is 0 Å². The molecule has 1 aliphatic heterocycles. The molecule has 0 spiro atoms. The number of hydrogen-bond donors (Lipinski definition) is 0. The summed E-state index contributed by atoms with van der Waals surface area (Å²) in [6.07, 6.45) is -1.03. The van der Waals surface area contributed by atoms with E-state index in [0.717, 1.165) is 23.3 Å². The van der Waals surface area contributed by atoms with Gasteiger partial charge in [-0.05, 0) is 36.8 Å². The molecule has 1 amide bonds. The highest BCUT2D eigenvalue weighted by Gasteiger charge is 2.31. The Morgan fingerprint density at radius 3 is 2.30 bits per heavy atom. The summed E-state index contributed by atoms with van der Waals surface area (Å²) in [4.78, 5) is 15.9. The fraction of sp³-hybridized carbons (Fsp3) is 0.286. The zero-order valence-corrected chi connectivity index (χ0v) is 15.0. The molecule has 0 saturated carbocycles. The molecule has 2 aromatic rings. The van der Waals surface area contributed by atoms with E-state index in [1.165, 1.54) is 6.07 Å². The molecule has 1 aliphatic rings. The van der Waals surface area contributed by atoms with Crippen LogP contribution < -0.4 is 4.90 Å². The lowest BCUT2D eigenvalue weighted by molar-refractivity contribution is -0.137. The third kappa shape index (κ3) is 4.90. The lowest BCUT2D eigenvalue weighted by atomic mass is 10.1. The molecule has 0 unspecified atom stereocenters. The number of halogens is 3. The molecule has 1 saturated heterocycles. The van der Waals surface area contributed by atoms with Gasteiger partial charge in [0.05, 0.1) is 5.56 Å². The molecular weight excluding hydrogens is 353 g/mol. The minimum absolute atomic E-state index is 0.0840. The second kappa shape index (κ2) is 7.86. The lowest BCUT2D eigenvalue weighted by Gasteiger charge is -2.35. The van der Waals surface area contributed by atoms with Crippen LogP contribution in [0.1, 0.15) is 16.7 Å². The molecule has 2 aromatic carbocycles. The fourth-order valence-electron chi connectivity index (χ4n) is 3.01. The lowest BCUT2D eigenvalue weighted by Crippen LogP contribution is -2.48. The Kier molecular flexibility index (Phi) is 5.54. The molecule has 142 valence electrons. The number of alkyl halides is 3. The molecular formula is C21H21F3N2O. The van der Waals surface area contributed by atoms with Crippen LogP contribution in [0.15, 0.2) is 54.6 Å². The minimum atomic E-state index is -4.35. The van der Waals surface area contributed by atoms with Gasteiger partial charge in [-0.3, -0.25) is 4.79 Å². The quantitative estimate of drug-likeness (QED) is 0.745. The average Bonchev–Trinajstić information content (AvgIpc) is 2.67. The smallest absolute Gasteiger partial charge is 0.368 e. The van der Waals surface area contributed by atoms with Crippen LogP contribution in [-0.2, 0) is 11.0 Å². The zero-order chi connectivity index (χ0) is 19.4. The number of nitrogens with zero attached hydrogens (tertiary/aromatic N) is 2. The van der Waals surface area contributed by atoms with Gasteiger partial charge in [0, 0.05) is 37.9 Å². The minimum Gasteiger partial charge on any atom is -0.368 e. The standard InChI is InChI=1S/C21H21F3N2O/c1-16-5-7-17(8-6-16)9-10-20(27)26-13-11-25(12-14-26)19-4-2-3-18(15-19)21(22,23)24/h2-10,15H,11-14H2,1H3/b10-9-. The number of benzene rings is 2. The van der Waals surface area contributed by atoms with Crippen LogP contribution in [0.25, 0.3) is 6.08 Å². The van der Waals surface area contributed by atoms with Crippen molar-refractivity contribution in [3.63, 3.8) is 0 Å². The summed E-state index contributed by atoms with van der Waals surface area (Å²) in [6, 6.07) is 13.2. The SMILES string of the molecule is Cc1ccc(/C=C\C(=O)N2CCN(c3cccc(C(F)(F)F)c3)CC2)cc1. The number of anilines is 1. The summed E-state index contributed by atoms with van der Waals surface area (Å²) in [7, 11) is 0. The highest BCUT2D eigenvalue weighted by atomic mass is 19.4. The number of rotatable bonds is 3. The Balaban J connectivity index is 1.58. The van der Waals surface area contributed by atoms with Crippen molar-refractivity contribution < 1.29 is 18.0 Å². The first-order chi connectivity index (χ1) is 12.8. The van der Waals surface area contributed by atoms with Crippen molar-refractivity contribution in [3.05, 3.63) is 71.3 Å². The van der Waals surface area contributed by atoms with Crippen molar-refractivity contribution in [2.45, 2.75) is 13.1 Å². The van der Waals surface area contributed by atoms with Crippen molar-refractivity contribution >= 4 is 17.7 Å². The van der Waals surface area contributed by atoms with Crippen LogP contribution in [0.4, 0.5) is 18.9 Å². The Bertz CT molecular complexity index is 820. The van der Waals surface area contributed by atoms with Gasteiger partial charge in [-0.2, -0.15) is 13.2 Å². The van der Waals surface area contributed by atoms with Crippen LogP contribution in [0, 0.1) is 6.92 Å². The van der Waals surface area contributed by atoms with E-state index in [4.69, 9.17) is 0 Å². The Morgan fingerprint density at radius 2 is 1.67 bits per heavy atom. The normalized spacial score (nSPS) is 15.4. The summed E-state index contributed by atoms with van der Waals surface area (Å²) < 4.78 is 38.6. The molecule has 0 aliphatic carbocycles. The fourth-order valence-corrected chi connectivity index (χ4v) is 3.01. The summed E-state index contributed by atoms with van der Waals surface area (Å²) in [5, 5.41) is 0. The van der Waals surface area contributed by atoms with Gasteiger partial charge in [0.1, 0.15) is 0 Å². The third-order valence-electron chi connectivity index (χ3n) is 4.63. The zero-order valence-electron chi connectivity index (χ0n) is 15.0. The number of hydrogen-bond acceptors (Lipinski definition) is 2. The predicted octanol–water partition coefficient (Wildman–Crippen LogP) is 4.38. The van der Waals surface area contributed by atoms with Gasteiger partial charge < -0.3 is 9.80 Å². The van der Waals surface area contributed by atoms with Gasteiger partial charge >= 0.3 is 6.18 Å². The van der Waals surface area contributed by atoms with Crippen LogP contribution in [0.3, 0.4) is 0 Å². The molecule has 27 heavy (non-hydrogen) atoms. The van der Waals surface area contributed by atoms with Crippen molar-refractivity contribution in [2.24, 2.45) is 0 Å². The number of amides is 1. The molecule has 1 heterocycles. The number of carbonyl (C=O) groups is 1. The van der Waals surface area contributed by atoms with Crippen molar-refractivity contribution in [1.82, 2.24) is 4.90 Å². The molecule has 0 atom stereocenters. The molecule has 0 radical (unpaired) electrons. The monoisotopic (exact) mass is 374 g/mol. The van der Waals surface area contributed by atoms with Crippen LogP contribution in [-0.4, -0.2) is 37.0 Å². The van der Waals surface area contributed by atoms with E-state index in [-0.39, 0.29) is 5.91 Å². The Labute approximate surface area is 156 Å². The second-order valence-corrected chi connectivity index (χ2v) is 6.60. The maximum atomic E-state index is 12.9. The van der Waals surface area contributed by atoms with Gasteiger partial charge in [0.2, 0.25) is 5.91 Å². The van der Waals surface area contributed by atoms with Gasteiger partial charge in [0.15, 0.2) is 0 Å². The topological polar surface area (TPSA) is 23.6 Å². The highest BCUT2D eigenvalue weighted by molar-refractivity contribution is 5.92. The summed E-state index contributed by atoms with van der Waals surface area (Å²) in [5.74, 6) is -0.0840. The van der Waals surface area contributed by atoms with E-state index < -0.39 is 11.7 Å². The predicted molar refractivity (Wildman–Crippen MR) is 100 cm³/mol. The molecule has 0 aromatic heterocycles. The first-order valence-corrected chi connectivity index (χ1v) is 8.79. The summed E-state index contributed by atoms with van der Waals surface area (Å²) in [5.41, 5.74) is 1.99. The molecule has 0 bridgehead atoms. The molecule has 0 N–H and O–H groups in total. The largest absolute Gasteiger partial charge is 0.416 e. The average molecular weight is 374 g/mol. The first-order valence-electron chi connectivity index (χ1n) is 8.79. The summed E-state index contributed by atoms with van der Waals surface area (Å²) in [6.45, 7) is 3.97. The van der Waals surface area contributed by atoms with E-state index in [0.29, 0.717) is 31.9 Å². The van der Waals surface area contributed by atoms with Crippen molar-refractivity contribution in [1.29, 1.82) is 0 Å². The maximum absolute atomic E-state index is 12.9. The number of carbonyl (C=O) groups excluding carboxylic acids is 1. The van der Waals surface area contributed by atoms with E-state index >= 15 is 0 Å². The third-order valence-corrected chi connectivity index (χ3v) is 4.63. The number of piperazine rings is 1.